The molecule has 0 radical (unpaired) electrons. The van der Waals surface area contributed by atoms with Gasteiger partial charge in [0.05, 0.1) is 5.69 Å². The van der Waals surface area contributed by atoms with Gasteiger partial charge >= 0.3 is 0 Å². The van der Waals surface area contributed by atoms with Gasteiger partial charge in [-0.15, -0.1) is 0 Å². The van der Waals surface area contributed by atoms with E-state index in [1.165, 1.54) is 32.4 Å². The van der Waals surface area contributed by atoms with Gasteiger partial charge in [-0.25, -0.2) is 0 Å². The quantitative estimate of drug-likeness (QED) is 0.895. The van der Waals surface area contributed by atoms with Crippen LogP contribution in [0, 0.1) is 0 Å². The van der Waals surface area contributed by atoms with E-state index in [-0.39, 0.29) is 0 Å². The van der Waals surface area contributed by atoms with E-state index in [4.69, 9.17) is 0 Å². The van der Waals surface area contributed by atoms with Crippen LogP contribution in [0.3, 0.4) is 0 Å². The summed E-state index contributed by atoms with van der Waals surface area (Å²) in [4.78, 5) is 2.49. The minimum atomic E-state index is 0.702. The Kier molecular flexibility index (Phi) is 4.22. The number of rotatable bonds is 5. The average Bonchev–Trinajstić information content (AvgIpc) is 2.98. The van der Waals surface area contributed by atoms with Crippen LogP contribution in [-0.2, 0) is 0 Å². The lowest BCUT2D eigenvalue weighted by atomic mass is 10.1. The SMILES string of the molecule is c1ccc(-n2nnnc2NCCN2CCCCC2)cc1. The number of hydrogen-bond acceptors (Lipinski definition) is 5. The molecule has 3 rings (SSSR count). The summed E-state index contributed by atoms with van der Waals surface area (Å²) in [5.41, 5.74) is 0.970. The average molecular weight is 272 g/mol. The number of piperidine rings is 1. The molecule has 106 valence electrons. The van der Waals surface area contributed by atoms with E-state index in [9.17, 15) is 0 Å². The lowest BCUT2D eigenvalue weighted by Gasteiger charge is -2.26. The Morgan fingerprint density at radius 2 is 1.85 bits per heavy atom. The molecular weight excluding hydrogens is 252 g/mol. The molecule has 1 aromatic heterocycles. The molecule has 0 spiro atoms. The minimum absolute atomic E-state index is 0.702. The van der Waals surface area contributed by atoms with Gasteiger partial charge < -0.3 is 10.2 Å². The third-order valence-corrected chi connectivity index (χ3v) is 3.63. The highest BCUT2D eigenvalue weighted by molar-refractivity contribution is 5.38. The highest BCUT2D eigenvalue weighted by Gasteiger charge is 2.11. The first-order valence-electron chi connectivity index (χ1n) is 7.23. The molecule has 0 bridgehead atoms. The molecule has 20 heavy (non-hydrogen) atoms. The molecule has 1 aromatic carbocycles. The molecular formula is C14H20N6. The van der Waals surface area contributed by atoms with E-state index >= 15 is 0 Å². The zero-order valence-electron chi connectivity index (χ0n) is 11.6. The number of aromatic nitrogens is 4. The third kappa shape index (κ3) is 3.14. The van der Waals surface area contributed by atoms with Gasteiger partial charge in [-0.3, -0.25) is 0 Å². The molecule has 1 aliphatic heterocycles. The molecule has 2 heterocycles. The van der Waals surface area contributed by atoms with Crippen LogP contribution in [0.4, 0.5) is 5.95 Å². The normalized spacial score (nSPS) is 16.2. The molecule has 0 saturated carbocycles. The fourth-order valence-corrected chi connectivity index (χ4v) is 2.55. The number of para-hydroxylation sites is 1. The van der Waals surface area contributed by atoms with E-state index in [1.807, 2.05) is 30.3 Å². The molecule has 0 atom stereocenters. The molecule has 1 fully saturated rings. The van der Waals surface area contributed by atoms with Crippen LogP contribution in [0.5, 0.6) is 0 Å². The van der Waals surface area contributed by atoms with Gasteiger partial charge in [-0.05, 0) is 48.5 Å². The summed E-state index contributed by atoms with van der Waals surface area (Å²) in [7, 11) is 0. The van der Waals surface area contributed by atoms with Crippen molar-refractivity contribution in [3.05, 3.63) is 30.3 Å². The Bertz CT molecular complexity index is 517. The largest absolute Gasteiger partial charge is 0.351 e. The fourth-order valence-electron chi connectivity index (χ4n) is 2.55. The molecule has 6 heteroatoms. The number of benzene rings is 1. The highest BCUT2D eigenvalue weighted by atomic mass is 15.6. The summed E-state index contributed by atoms with van der Waals surface area (Å²) in [5.74, 6) is 0.702. The highest BCUT2D eigenvalue weighted by Crippen LogP contribution is 2.11. The summed E-state index contributed by atoms with van der Waals surface area (Å²) in [6.45, 7) is 4.34. The van der Waals surface area contributed by atoms with Crippen molar-refractivity contribution in [1.82, 2.24) is 25.1 Å². The number of anilines is 1. The summed E-state index contributed by atoms with van der Waals surface area (Å²) in [6, 6.07) is 9.93. The first-order valence-corrected chi connectivity index (χ1v) is 7.23. The third-order valence-electron chi connectivity index (χ3n) is 3.63. The van der Waals surface area contributed by atoms with Gasteiger partial charge in [0.1, 0.15) is 0 Å². The molecule has 1 aliphatic rings. The van der Waals surface area contributed by atoms with Crippen molar-refractivity contribution in [2.75, 3.05) is 31.5 Å². The van der Waals surface area contributed by atoms with E-state index < -0.39 is 0 Å². The zero-order valence-corrected chi connectivity index (χ0v) is 11.6. The maximum atomic E-state index is 4.05. The summed E-state index contributed by atoms with van der Waals surface area (Å²) in [5, 5.41) is 15.2. The number of tetrazole rings is 1. The number of hydrogen-bond donors (Lipinski definition) is 1. The second-order valence-corrected chi connectivity index (χ2v) is 5.08. The van der Waals surface area contributed by atoms with Crippen LogP contribution < -0.4 is 5.32 Å². The van der Waals surface area contributed by atoms with Gasteiger partial charge in [0.25, 0.3) is 0 Å². The van der Waals surface area contributed by atoms with Crippen molar-refractivity contribution >= 4 is 5.95 Å². The second kappa shape index (κ2) is 6.47. The van der Waals surface area contributed by atoms with Crippen molar-refractivity contribution in [2.24, 2.45) is 0 Å². The van der Waals surface area contributed by atoms with E-state index in [0.717, 1.165) is 18.8 Å². The fraction of sp³-hybridized carbons (Fsp3) is 0.500. The summed E-state index contributed by atoms with van der Waals surface area (Å²) >= 11 is 0. The topological polar surface area (TPSA) is 58.9 Å². The van der Waals surface area contributed by atoms with Crippen molar-refractivity contribution in [3.8, 4) is 5.69 Å². The Hall–Kier alpha value is -1.95. The van der Waals surface area contributed by atoms with Gasteiger partial charge in [0.15, 0.2) is 0 Å². The first-order chi connectivity index (χ1) is 9.93. The predicted molar refractivity (Wildman–Crippen MR) is 77.9 cm³/mol. The number of nitrogens with one attached hydrogen (secondary N) is 1. The molecule has 0 aliphatic carbocycles. The van der Waals surface area contributed by atoms with E-state index in [1.54, 1.807) is 4.68 Å². The van der Waals surface area contributed by atoms with Crippen LogP contribution >= 0.6 is 0 Å². The van der Waals surface area contributed by atoms with E-state index in [2.05, 4.69) is 25.7 Å². The Balaban J connectivity index is 1.57. The van der Waals surface area contributed by atoms with Crippen molar-refractivity contribution in [3.63, 3.8) is 0 Å². The maximum Gasteiger partial charge on any atom is 0.247 e. The van der Waals surface area contributed by atoms with Gasteiger partial charge in [0.2, 0.25) is 5.95 Å². The monoisotopic (exact) mass is 272 g/mol. The van der Waals surface area contributed by atoms with Crippen molar-refractivity contribution < 1.29 is 0 Å². The van der Waals surface area contributed by atoms with Crippen LogP contribution in [0.1, 0.15) is 19.3 Å². The number of nitrogens with zero attached hydrogens (tertiary/aromatic N) is 5. The Morgan fingerprint density at radius 3 is 2.65 bits per heavy atom. The molecule has 1 N–H and O–H groups in total. The van der Waals surface area contributed by atoms with Crippen LogP contribution in [-0.4, -0.2) is 51.3 Å². The predicted octanol–water partition coefficient (Wildman–Crippen LogP) is 1.56. The summed E-state index contributed by atoms with van der Waals surface area (Å²) < 4.78 is 1.73. The minimum Gasteiger partial charge on any atom is -0.351 e. The van der Waals surface area contributed by atoms with Crippen molar-refractivity contribution in [1.29, 1.82) is 0 Å². The Labute approximate surface area is 118 Å². The molecule has 2 aromatic rings. The van der Waals surface area contributed by atoms with Gasteiger partial charge in [-0.2, -0.15) is 4.68 Å². The molecule has 0 amide bonds. The number of likely N-dealkylation sites (tertiary alicyclic amines) is 1. The van der Waals surface area contributed by atoms with Gasteiger partial charge in [-0.1, -0.05) is 29.7 Å². The van der Waals surface area contributed by atoms with E-state index in [0.29, 0.717) is 5.95 Å². The second-order valence-electron chi connectivity index (χ2n) is 5.08. The smallest absolute Gasteiger partial charge is 0.247 e. The first kappa shape index (κ1) is 13.1. The lowest BCUT2D eigenvalue weighted by Crippen LogP contribution is -2.34. The molecule has 0 unspecified atom stereocenters. The molecule has 6 nitrogen and oxygen atoms in total. The lowest BCUT2D eigenvalue weighted by molar-refractivity contribution is 0.237. The standard InChI is InChI=1S/C14H20N6/c1-3-7-13(8-4-1)20-14(16-17-18-20)15-9-12-19-10-5-2-6-11-19/h1,3-4,7-8H,2,5-6,9-12H2,(H,15,16,18). The zero-order chi connectivity index (χ0) is 13.6. The van der Waals surface area contributed by atoms with Crippen LogP contribution in [0.25, 0.3) is 5.69 Å². The summed E-state index contributed by atoms with van der Waals surface area (Å²) in [6.07, 6.45) is 4.01. The van der Waals surface area contributed by atoms with Crippen LogP contribution in [0.2, 0.25) is 0 Å². The van der Waals surface area contributed by atoms with Crippen LogP contribution in [0.15, 0.2) is 30.3 Å². The van der Waals surface area contributed by atoms with Crippen molar-refractivity contribution in [2.45, 2.75) is 19.3 Å². The Morgan fingerprint density at radius 1 is 1.05 bits per heavy atom. The van der Waals surface area contributed by atoms with Gasteiger partial charge in [0, 0.05) is 13.1 Å². The maximum absolute atomic E-state index is 4.05. The molecule has 1 saturated heterocycles.